The Balaban J connectivity index is 2.21. The molecule has 1 aliphatic heterocycles. The Morgan fingerprint density at radius 3 is 2.90 bits per heavy atom. The molecule has 1 nitrogen and oxygen atoms in total. The lowest BCUT2D eigenvalue weighted by atomic mass is 9.96. The van der Waals surface area contributed by atoms with Gasteiger partial charge < -0.3 is 4.74 Å². The molecule has 1 aliphatic carbocycles. The van der Waals surface area contributed by atoms with Gasteiger partial charge in [-0.25, -0.2) is 0 Å². The van der Waals surface area contributed by atoms with Crippen LogP contribution >= 0.6 is 0 Å². The summed E-state index contributed by atoms with van der Waals surface area (Å²) in [5.41, 5.74) is 0. The third kappa shape index (κ3) is 0.929. The van der Waals surface area contributed by atoms with Crippen LogP contribution in [0.4, 0.5) is 0 Å². The molecule has 0 spiro atoms. The summed E-state index contributed by atoms with van der Waals surface area (Å²) in [6.07, 6.45) is 12.3. The van der Waals surface area contributed by atoms with Crippen LogP contribution in [0, 0.1) is 12.5 Å². The van der Waals surface area contributed by atoms with Crippen LogP contribution < -0.4 is 0 Å². The molecule has 1 heterocycles. The standard InChI is InChI=1S/C9H8O/c1-2-6-9-8(4-1)5-3-7-10-9/h1-6,8-9H. The lowest BCUT2D eigenvalue weighted by Gasteiger charge is -2.23. The van der Waals surface area contributed by atoms with Crippen LogP contribution in [0.1, 0.15) is 0 Å². The monoisotopic (exact) mass is 132 g/mol. The van der Waals surface area contributed by atoms with Crippen LogP contribution in [0.15, 0.2) is 36.5 Å². The first-order chi connectivity index (χ1) is 4.97. The van der Waals surface area contributed by atoms with Crippen LogP contribution in [-0.4, -0.2) is 6.10 Å². The van der Waals surface area contributed by atoms with E-state index in [1.54, 1.807) is 0 Å². The minimum absolute atomic E-state index is 0.190. The first kappa shape index (κ1) is 5.93. The molecular formula is C9H8O. The van der Waals surface area contributed by atoms with E-state index in [1.165, 1.54) is 0 Å². The van der Waals surface area contributed by atoms with E-state index in [1.807, 2.05) is 24.3 Å². The molecule has 0 bridgehead atoms. The molecule has 0 amide bonds. The fraction of sp³-hybridized carbons (Fsp3) is 0.222. The molecule has 2 atom stereocenters. The van der Waals surface area contributed by atoms with E-state index >= 15 is 0 Å². The van der Waals surface area contributed by atoms with Crippen molar-refractivity contribution >= 4 is 0 Å². The molecule has 0 aromatic carbocycles. The zero-order valence-corrected chi connectivity index (χ0v) is 5.53. The molecule has 0 saturated heterocycles. The smallest absolute Gasteiger partial charge is 0.159 e. The summed E-state index contributed by atoms with van der Waals surface area (Å²) in [6, 6.07) is 0. The molecule has 0 fully saturated rings. The highest BCUT2D eigenvalue weighted by atomic mass is 16.5. The van der Waals surface area contributed by atoms with Gasteiger partial charge in [0.25, 0.3) is 0 Å². The second kappa shape index (κ2) is 2.43. The molecule has 2 unspecified atom stereocenters. The highest BCUT2D eigenvalue weighted by Crippen LogP contribution is 2.21. The minimum Gasteiger partial charge on any atom is -0.356 e. The van der Waals surface area contributed by atoms with Crippen LogP contribution in [0.5, 0.6) is 0 Å². The first-order valence-electron chi connectivity index (χ1n) is 3.40. The Kier molecular flexibility index (Phi) is 1.44. The maximum absolute atomic E-state index is 5.21. The highest BCUT2D eigenvalue weighted by molar-refractivity contribution is 5.22. The molecule has 1 heteroatoms. The summed E-state index contributed by atoms with van der Waals surface area (Å²) in [7, 11) is 0. The number of ether oxygens (including phenoxy) is 1. The van der Waals surface area contributed by atoms with E-state index in [-0.39, 0.29) is 6.10 Å². The number of hydrogen-bond donors (Lipinski definition) is 0. The Morgan fingerprint density at radius 1 is 1.10 bits per heavy atom. The van der Waals surface area contributed by atoms with E-state index in [9.17, 15) is 0 Å². The largest absolute Gasteiger partial charge is 0.356 e. The van der Waals surface area contributed by atoms with E-state index in [4.69, 9.17) is 4.74 Å². The van der Waals surface area contributed by atoms with Crippen molar-refractivity contribution < 1.29 is 4.74 Å². The third-order valence-corrected chi connectivity index (χ3v) is 1.72. The number of rotatable bonds is 0. The lowest BCUT2D eigenvalue weighted by molar-refractivity contribution is 0.125. The van der Waals surface area contributed by atoms with Gasteiger partial charge in [-0.3, -0.25) is 0 Å². The predicted octanol–water partition coefficient (Wildman–Crippen LogP) is 1.72. The topological polar surface area (TPSA) is 9.23 Å². The van der Waals surface area contributed by atoms with Gasteiger partial charge in [0.2, 0.25) is 0 Å². The van der Waals surface area contributed by atoms with Crippen molar-refractivity contribution in [2.45, 2.75) is 6.10 Å². The zero-order chi connectivity index (χ0) is 6.81. The maximum atomic E-state index is 5.21. The van der Waals surface area contributed by atoms with Crippen molar-refractivity contribution in [3.63, 3.8) is 0 Å². The zero-order valence-electron chi connectivity index (χ0n) is 5.53. The van der Waals surface area contributed by atoms with Gasteiger partial charge in [0.15, 0.2) is 6.61 Å². The van der Waals surface area contributed by atoms with Crippen molar-refractivity contribution in [1.82, 2.24) is 0 Å². The van der Waals surface area contributed by atoms with E-state index < -0.39 is 0 Å². The van der Waals surface area contributed by atoms with Gasteiger partial charge in [-0.2, -0.15) is 0 Å². The van der Waals surface area contributed by atoms with Gasteiger partial charge >= 0.3 is 0 Å². The summed E-state index contributed by atoms with van der Waals surface area (Å²) in [6.45, 7) is 2.72. The normalized spacial score (nSPS) is 36.0. The fourth-order valence-corrected chi connectivity index (χ4v) is 1.16. The maximum Gasteiger partial charge on any atom is 0.159 e. The Hall–Kier alpha value is -0.820. The van der Waals surface area contributed by atoms with E-state index in [0.717, 1.165) is 0 Å². The second-order valence-electron chi connectivity index (χ2n) is 2.41. The van der Waals surface area contributed by atoms with Gasteiger partial charge in [-0.15, -0.1) is 0 Å². The molecular weight excluding hydrogens is 124 g/mol. The average Bonchev–Trinajstić information content (AvgIpc) is 2.05. The molecule has 10 heavy (non-hydrogen) atoms. The van der Waals surface area contributed by atoms with E-state index in [2.05, 4.69) is 18.8 Å². The van der Waals surface area contributed by atoms with Gasteiger partial charge in [0.1, 0.15) is 0 Å². The molecule has 2 radical (unpaired) electrons. The summed E-state index contributed by atoms with van der Waals surface area (Å²) in [5, 5.41) is 0. The van der Waals surface area contributed by atoms with Crippen molar-refractivity contribution in [3.05, 3.63) is 43.1 Å². The number of fused-ring (bicyclic) bond motifs is 1. The summed E-state index contributed by atoms with van der Waals surface area (Å²) in [4.78, 5) is 0. The number of hydrogen-bond acceptors (Lipinski definition) is 1. The average molecular weight is 132 g/mol. The fourth-order valence-electron chi connectivity index (χ4n) is 1.16. The third-order valence-electron chi connectivity index (χ3n) is 1.72. The molecule has 0 N–H and O–H groups in total. The van der Waals surface area contributed by atoms with Crippen molar-refractivity contribution in [1.29, 1.82) is 0 Å². The molecule has 0 aromatic rings. The predicted molar refractivity (Wildman–Crippen MR) is 39.0 cm³/mol. The first-order valence-corrected chi connectivity index (χ1v) is 3.40. The van der Waals surface area contributed by atoms with Crippen molar-refractivity contribution in [3.8, 4) is 0 Å². The SMILES string of the molecule is [C]1C=CC2C=CC=CC2O1. The van der Waals surface area contributed by atoms with Crippen LogP contribution in [0.25, 0.3) is 0 Å². The van der Waals surface area contributed by atoms with Crippen LogP contribution in [0.3, 0.4) is 0 Å². The molecule has 0 aromatic heterocycles. The Labute approximate surface area is 60.7 Å². The Morgan fingerprint density at radius 2 is 2.00 bits per heavy atom. The van der Waals surface area contributed by atoms with Gasteiger partial charge in [-0.1, -0.05) is 30.4 Å². The molecule has 0 saturated carbocycles. The molecule has 2 aliphatic rings. The van der Waals surface area contributed by atoms with Crippen LogP contribution in [-0.2, 0) is 4.74 Å². The number of allylic oxidation sites excluding steroid dienone is 2. The highest BCUT2D eigenvalue weighted by Gasteiger charge is 2.18. The summed E-state index contributed by atoms with van der Waals surface area (Å²) in [5.74, 6) is 0.422. The summed E-state index contributed by atoms with van der Waals surface area (Å²) >= 11 is 0. The molecule has 50 valence electrons. The van der Waals surface area contributed by atoms with E-state index in [0.29, 0.717) is 5.92 Å². The Bertz CT molecular complexity index is 201. The lowest BCUT2D eigenvalue weighted by Crippen LogP contribution is -2.21. The summed E-state index contributed by atoms with van der Waals surface area (Å²) < 4.78 is 5.21. The van der Waals surface area contributed by atoms with Crippen LogP contribution in [0.2, 0.25) is 0 Å². The quantitative estimate of drug-likeness (QED) is 0.487. The van der Waals surface area contributed by atoms with Gasteiger partial charge in [0.05, 0.1) is 6.10 Å². The van der Waals surface area contributed by atoms with Crippen molar-refractivity contribution in [2.24, 2.45) is 5.92 Å². The van der Waals surface area contributed by atoms with Gasteiger partial charge in [0, 0.05) is 5.92 Å². The van der Waals surface area contributed by atoms with Crippen molar-refractivity contribution in [2.75, 3.05) is 0 Å². The second-order valence-corrected chi connectivity index (χ2v) is 2.41. The van der Waals surface area contributed by atoms with Gasteiger partial charge in [-0.05, 0) is 6.08 Å². The molecule has 2 rings (SSSR count). The minimum atomic E-state index is 0.190.